The van der Waals surface area contributed by atoms with Crippen LogP contribution in [-0.2, 0) is 22.7 Å². The second-order valence-corrected chi connectivity index (χ2v) is 6.62. The van der Waals surface area contributed by atoms with Gasteiger partial charge in [-0.05, 0) is 17.5 Å². The van der Waals surface area contributed by atoms with Crippen LogP contribution >= 0.6 is 0 Å². The maximum Gasteiger partial charge on any atom is 0.225 e. The van der Waals surface area contributed by atoms with E-state index in [4.69, 9.17) is 0 Å². The number of nitrogens with zero attached hydrogens (tertiary/aromatic N) is 1. The average Bonchev–Trinajstić information content (AvgIpc) is 2.82. The first-order valence-corrected chi connectivity index (χ1v) is 7.51. The van der Waals surface area contributed by atoms with Crippen molar-refractivity contribution in [3.05, 3.63) is 35.4 Å². The first-order chi connectivity index (χ1) is 9.88. The number of hydrogen-bond acceptors (Lipinski definition) is 2. The van der Waals surface area contributed by atoms with Crippen LogP contribution in [0.2, 0.25) is 0 Å². The van der Waals surface area contributed by atoms with E-state index >= 15 is 0 Å². The zero-order valence-electron chi connectivity index (χ0n) is 13.1. The number of amides is 2. The molecule has 2 amide bonds. The van der Waals surface area contributed by atoms with Crippen LogP contribution in [0.5, 0.6) is 0 Å². The van der Waals surface area contributed by atoms with E-state index in [1.165, 1.54) is 0 Å². The second kappa shape index (κ2) is 6.29. The van der Waals surface area contributed by atoms with Crippen LogP contribution in [0.1, 0.15) is 44.7 Å². The topological polar surface area (TPSA) is 49.4 Å². The van der Waals surface area contributed by atoms with Gasteiger partial charge >= 0.3 is 0 Å². The fourth-order valence-electron chi connectivity index (χ4n) is 2.40. The van der Waals surface area contributed by atoms with Crippen LogP contribution in [0.3, 0.4) is 0 Å². The molecule has 4 heteroatoms. The number of hydrogen-bond donors (Lipinski definition) is 1. The molecule has 1 heterocycles. The Morgan fingerprint density at radius 2 is 1.90 bits per heavy atom. The standard InChI is InChI=1S/C17H24N2O2/c1-17(2,3)16(21)18-11-13-7-4-5-8-14(13)12-19-10-6-9-15(19)20/h4-5,7-8H,6,9-12H2,1-3H3,(H,18,21). The summed E-state index contributed by atoms with van der Waals surface area (Å²) in [6, 6.07) is 7.99. The quantitative estimate of drug-likeness (QED) is 0.925. The lowest BCUT2D eigenvalue weighted by Crippen LogP contribution is -2.34. The van der Waals surface area contributed by atoms with Crippen molar-refractivity contribution in [3.8, 4) is 0 Å². The number of rotatable bonds is 4. The Labute approximate surface area is 126 Å². The molecule has 0 spiro atoms. The summed E-state index contributed by atoms with van der Waals surface area (Å²) >= 11 is 0. The molecule has 1 aliphatic heterocycles. The van der Waals surface area contributed by atoms with E-state index < -0.39 is 0 Å². The van der Waals surface area contributed by atoms with Crippen molar-refractivity contribution in [1.82, 2.24) is 10.2 Å². The van der Waals surface area contributed by atoms with Crippen LogP contribution in [0, 0.1) is 5.41 Å². The number of benzene rings is 1. The van der Waals surface area contributed by atoms with E-state index in [0.29, 0.717) is 19.5 Å². The summed E-state index contributed by atoms with van der Waals surface area (Å²) in [5, 5.41) is 2.97. The van der Waals surface area contributed by atoms with Crippen molar-refractivity contribution in [1.29, 1.82) is 0 Å². The van der Waals surface area contributed by atoms with Crippen molar-refractivity contribution in [2.24, 2.45) is 5.41 Å². The van der Waals surface area contributed by atoms with Gasteiger partial charge in [0.2, 0.25) is 11.8 Å². The van der Waals surface area contributed by atoms with E-state index in [1.54, 1.807) is 0 Å². The molecule has 1 aromatic carbocycles. The fourth-order valence-corrected chi connectivity index (χ4v) is 2.40. The van der Waals surface area contributed by atoms with Crippen molar-refractivity contribution in [2.75, 3.05) is 6.54 Å². The summed E-state index contributed by atoms with van der Waals surface area (Å²) in [6.45, 7) is 7.68. The molecule has 0 aromatic heterocycles. The number of likely N-dealkylation sites (tertiary alicyclic amines) is 1. The molecular weight excluding hydrogens is 264 g/mol. The Kier molecular flexibility index (Phi) is 4.66. The highest BCUT2D eigenvalue weighted by Crippen LogP contribution is 2.18. The van der Waals surface area contributed by atoms with Gasteiger partial charge in [0.15, 0.2) is 0 Å². The highest BCUT2D eigenvalue weighted by atomic mass is 16.2. The minimum Gasteiger partial charge on any atom is -0.352 e. The van der Waals surface area contributed by atoms with Crippen molar-refractivity contribution in [3.63, 3.8) is 0 Å². The SMILES string of the molecule is CC(C)(C)C(=O)NCc1ccccc1CN1CCCC1=O. The Hall–Kier alpha value is -1.84. The summed E-state index contributed by atoms with van der Waals surface area (Å²) < 4.78 is 0. The number of carbonyl (C=O) groups excluding carboxylic acids is 2. The predicted molar refractivity (Wildman–Crippen MR) is 82.4 cm³/mol. The first kappa shape index (κ1) is 15.5. The summed E-state index contributed by atoms with van der Waals surface area (Å²) in [5.74, 6) is 0.262. The molecule has 21 heavy (non-hydrogen) atoms. The van der Waals surface area contributed by atoms with Crippen molar-refractivity contribution in [2.45, 2.75) is 46.7 Å². The van der Waals surface area contributed by atoms with Gasteiger partial charge in [0.25, 0.3) is 0 Å². The predicted octanol–water partition coefficient (Wildman–Crippen LogP) is 2.47. The maximum atomic E-state index is 12.0. The molecule has 1 N–H and O–H groups in total. The minimum absolute atomic E-state index is 0.0366. The van der Waals surface area contributed by atoms with Crippen LogP contribution in [0.15, 0.2) is 24.3 Å². The van der Waals surface area contributed by atoms with Gasteiger partial charge < -0.3 is 10.2 Å². The molecule has 114 valence electrons. The van der Waals surface area contributed by atoms with Gasteiger partial charge in [-0.15, -0.1) is 0 Å². The van der Waals surface area contributed by atoms with E-state index in [-0.39, 0.29) is 17.2 Å². The van der Waals surface area contributed by atoms with Crippen LogP contribution in [0.4, 0.5) is 0 Å². The third-order valence-corrected chi connectivity index (χ3v) is 3.77. The van der Waals surface area contributed by atoms with Crippen molar-refractivity contribution < 1.29 is 9.59 Å². The third kappa shape index (κ3) is 4.06. The summed E-state index contributed by atoms with van der Waals surface area (Å²) in [5.41, 5.74) is 1.80. The van der Waals surface area contributed by atoms with Gasteiger partial charge in [-0.2, -0.15) is 0 Å². The second-order valence-electron chi connectivity index (χ2n) is 6.62. The molecule has 0 unspecified atom stereocenters. The van der Waals surface area contributed by atoms with Gasteiger partial charge in [0.1, 0.15) is 0 Å². The number of carbonyl (C=O) groups is 2. The molecule has 0 atom stereocenters. The van der Waals surface area contributed by atoms with Crippen LogP contribution in [0.25, 0.3) is 0 Å². The largest absolute Gasteiger partial charge is 0.352 e. The molecule has 0 aliphatic carbocycles. The molecule has 0 bridgehead atoms. The highest BCUT2D eigenvalue weighted by Gasteiger charge is 2.22. The molecule has 0 saturated carbocycles. The van der Waals surface area contributed by atoms with E-state index in [9.17, 15) is 9.59 Å². The maximum absolute atomic E-state index is 12.0. The van der Waals surface area contributed by atoms with Gasteiger partial charge in [-0.1, -0.05) is 45.0 Å². The molecule has 1 aliphatic rings. The molecule has 0 radical (unpaired) electrons. The lowest BCUT2D eigenvalue weighted by molar-refractivity contribution is -0.129. The third-order valence-electron chi connectivity index (χ3n) is 3.77. The zero-order chi connectivity index (χ0) is 15.5. The monoisotopic (exact) mass is 288 g/mol. The van der Waals surface area contributed by atoms with Gasteiger partial charge in [0.05, 0.1) is 0 Å². The molecule has 4 nitrogen and oxygen atoms in total. The van der Waals surface area contributed by atoms with E-state index in [0.717, 1.165) is 24.1 Å². The molecule has 1 fully saturated rings. The molecular formula is C17H24N2O2. The number of nitrogens with one attached hydrogen (secondary N) is 1. The van der Waals surface area contributed by atoms with Gasteiger partial charge in [-0.25, -0.2) is 0 Å². The fraction of sp³-hybridized carbons (Fsp3) is 0.529. The Bertz CT molecular complexity index is 532. The molecule has 1 aromatic rings. The smallest absolute Gasteiger partial charge is 0.225 e. The molecule has 1 saturated heterocycles. The van der Waals surface area contributed by atoms with E-state index in [2.05, 4.69) is 5.32 Å². The normalized spacial score (nSPS) is 15.4. The zero-order valence-corrected chi connectivity index (χ0v) is 13.1. The summed E-state index contributed by atoms with van der Waals surface area (Å²) in [6.07, 6.45) is 1.60. The highest BCUT2D eigenvalue weighted by molar-refractivity contribution is 5.81. The minimum atomic E-state index is -0.389. The lowest BCUT2D eigenvalue weighted by atomic mass is 9.95. The van der Waals surface area contributed by atoms with Gasteiger partial charge in [0, 0.05) is 31.5 Å². The first-order valence-electron chi connectivity index (χ1n) is 7.51. The lowest BCUT2D eigenvalue weighted by Gasteiger charge is -2.20. The molecule has 2 rings (SSSR count). The van der Waals surface area contributed by atoms with Crippen LogP contribution in [-0.4, -0.2) is 23.3 Å². The van der Waals surface area contributed by atoms with Crippen molar-refractivity contribution >= 4 is 11.8 Å². The Balaban J connectivity index is 2.03. The Morgan fingerprint density at radius 3 is 2.48 bits per heavy atom. The van der Waals surface area contributed by atoms with E-state index in [1.807, 2.05) is 49.9 Å². The van der Waals surface area contributed by atoms with Crippen LogP contribution < -0.4 is 5.32 Å². The summed E-state index contributed by atoms with van der Waals surface area (Å²) in [4.78, 5) is 25.6. The average molecular weight is 288 g/mol. The summed E-state index contributed by atoms with van der Waals surface area (Å²) in [7, 11) is 0. The Morgan fingerprint density at radius 1 is 1.24 bits per heavy atom. The van der Waals surface area contributed by atoms with Gasteiger partial charge in [-0.3, -0.25) is 9.59 Å².